The van der Waals surface area contributed by atoms with Crippen molar-refractivity contribution in [3.05, 3.63) is 35.5 Å². The molecule has 4 rings (SSSR count). The van der Waals surface area contributed by atoms with Gasteiger partial charge in [0.2, 0.25) is 5.91 Å². The van der Waals surface area contributed by atoms with E-state index in [1.807, 2.05) is 24.3 Å². The number of carbonyl (C=O) groups is 1. The summed E-state index contributed by atoms with van der Waals surface area (Å²) >= 11 is 6.50. The molecule has 0 radical (unpaired) electrons. The Labute approximate surface area is 205 Å². The van der Waals surface area contributed by atoms with Gasteiger partial charge < -0.3 is 32.2 Å². The number of hydrogen-bond acceptors (Lipinski definition) is 8. The molecule has 0 bridgehead atoms. The number of nitrogens with two attached hydrogens (primary N) is 2. The molecule has 7 N–H and O–H groups in total. The number of amides is 1. The lowest BCUT2D eigenvalue weighted by molar-refractivity contribution is -0.117. The monoisotopic (exact) mass is 487 g/mol. The Kier molecular flexibility index (Phi) is 8.20. The number of nitrogens with one attached hydrogen (secondary N) is 3. The van der Waals surface area contributed by atoms with Crippen LogP contribution < -0.4 is 27.4 Å². The van der Waals surface area contributed by atoms with E-state index in [1.165, 1.54) is 0 Å². The summed E-state index contributed by atoms with van der Waals surface area (Å²) in [5.74, 6) is 1.21. The average Bonchev–Trinajstić information content (AvgIpc) is 2.84. The van der Waals surface area contributed by atoms with Gasteiger partial charge >= 0.3 is 0 Å². The molecule has 1 saturated carbocycles. The predicted octanol–water partition coefficient (Wildman–Crippen LogP) is 2.51. The molecule has 1 aliphatic heterocycles. The van der Waals surface area contributed by atoms with Crippen molar-refractivity contribution < 1.29 is 9.53 Å². The van der Waals surface area contributed by atoms with Gasteiger partial charge in [-0.25, -0.2) is 9.97 Å². The number of rotatable bonds is 9. The lowest BCUT2D eigenvalue weighted by Crippen LogP contribution is -2.50. The van der Waals surface area contributed by atoms with Gasteiger partial charge in [0.1, 0.15) is 11.6 Å². The van der Waals surface area contributed by atoms with Crippen molar-refractivity contribution in [2.24, 2.45) is 11.5 Å². The van der Waals surface area contributed by atoms with Crippen LogP contribution in [0.15, 0.2) is 30.5 Å². The maximum absolute atomic E-state index is 11.0. The third-order valence-corrected chi connectivity index (χ3v) is 6.94. The van der Waals surface area contributed by atoms with Crippen LogP contribution in [0.25, 0.3) is 11.3 Å². The molecule has 1 saturated heterocycles. The minimum absolute atomic E-state index is 0.229. The van der Waals surface area contributed by atoms with Crippen LogP contribution in [0.1, 0.15) is 38.5 Å². The molecule has 3 heterocycles. The molecular weight excluding hydrogens is 454 g/mol. The number of anilines is 2. The van der Waals surface area contributed by atoms with Crippen molar-refractivity contribution in [3.63, 3.8) is 0 Å². The fraction of sp³-hybridized carbons (Fsp3) is 0.542. The first-order valence-corrected chi connectivity index (χ1v) is 12.3. The summed E-state index contributed by atoms with van der Waals surface area (Å²) < 4.78 is 5.43. The summed E-state index contributed by atoms with van der Waals surface area (Å²) in [5, 5.41) is 10.7. The average molecular weight is 488 g/mol. The number of aromatic nitrogens is 2. The fourth-order valence-electron chi connectivity index (χ4n) is 4.51. The first-order chi connectivity index (χ1) is 16.4. The van der Waals surface area contributed by atoms with Gasteiger partial charge in [0, 0.05) is 49.1 Å². The van der Waals surface area contributed by atoms with Gasteiger partial charge in [-0.2, -0.15) is 0 Å². The first-order valence-electron chi connectivity index (χ1n) is 11.9. The van der Waals surface area contributed by atoms with Gasteiger partial charge in [0.15, 0.2) is 0 Å². The highest BCUT2D eigenvalue weighted by molar-refractivity contribution is 6.33. The third-order valence-electron chi connectivity index (χ3n) is 6.63. The van der Waals surface area contributed by atoms with E-state index in [2.05, 4.69) is 20.9 Å². The van der Waals surface area contributed by atoms with E-state index in [9.17, 15) is 4.79 Å². The maximum atomic E-state index is 11.0. The van der Waals surface area contributed by atoms with Crippen LogP contribution in [0, 0.1) is 0 Å². The molecule has 34 heavy (non-hydrogen) atoms. The third kappa shape index (κ3) is 6.79. The number of carbonyl (C=O) groups excluding carboxylic acids is 1. The van der Waals surface area contributed by atoms with E-state index in [-0.39, 0.29) is 18.0 Å². The van der Waals surface area contributed by atoms with Gasteiger partial charge in [0.25, 0.3) is 0 Å². The van der Waals surface area contributed by atoms with Crippen LogP contribution in [0.5, 0.6) is 0 Å². The second-order valence-electron chi connectivity index (χ2n) is 9.33. The Hall–Kier alpha value is -2.46. The molecule has 2 aromatic heterocycles. The van der Waals surface area contributed by atoms with Crippen molar-refractivity contribution in [2.75, 3.05) is 36.9 Å². The molecule has 0 spiro atoms. The van der Waals surface area contributed by atoms with Crippen molar-refractivity contribution in [1.29, 1.82) is 0 Å². The number of primary amides is 1. The van der Waals surface area contributed by atoms with E-state index in [0.717, 1.165) is 61.4 Å². The highest BCUT2D eigenvalue weighted by Gasteiger charge is 2.28. The quantitative estimate of drug-likeness (QED) is 0.363. The zero-order chi connectivity index (χ0) is 24.0. The minimum Gasteiger partial charge on any atom is -0.381 e. The Morgan fingerprint density at radius 1 is 1.15 bits per heavy atom. The summed E-state index contributed by atoms with van der Waals surface area (Å²) in [7, 11) is 0. The molecule has 1 aliphatic carbocycles. The van der Waals surface area contributed by atoms with Gasteiger partial charge in [0.05, 0.1) is 17.3 Å². The number of ether oxygens (including phenoxy) is 1. The van der Waals surface area contributed by atoms with Gasteiger partial charge in [-0.3, -0.25) is 4.79 Å². The summed E-state index contributed by atoms with van der Waals surface area (Å²) in [5.41, 5.74) is 13.0. The zero-order valence-electron chi connectivity index (χ0n) is 19.4. The molecule has 10 heteroatoms. The lowest BCUT2D eigenvalue weighted by atomic mass is 9.91. The molecule has 0 unspecified atom stereocenters. The number of hydrogen-bond donors (Lipinski definition) is 5. The predicted molar refractivity (Wildman–Crippen MR) is 135 cm³/mol. The zero-order valence-corrected chi connectivity index (χ0v) is 20.1. The van der Waals surface area contributed by atoms with Crippen molar-refractivity contribution in [2.45, 2.75) is 56.1 Å². The maximum Gasteiger partial charge on any atom is 0.231 e. The first kappa shape index (κ1) is 24.7. The van der Waals surface area contributed by atoms with Gasteiger partial charge in [-0.1, -0.05) is 17.7 Å². The summed E-state index contributed by atoms with van der Waals surface area (Å²) in [6.07, 6.45) is 7.25. The normalized spacial score (nSPS) is 22.2. The smallest absolute Gasteiger partial charge is 0.231 e. The summed E-state index contributed by atoms with van der Waals surface area (Å²) in [6, 6.07) is 8.43. The van der Waals surface area contributed by atoms with Crippen LogP contribution in [0.2, 0.25) is 5.02 Å². The van der Waals surface area contributed by atoms with Crippen LogP contribution in [-0.2, 0) is 9.53 Å². The molecule has 2 fully saturated rings. The molecule has 2 aromatic rings. The van der Waals surface area contributed by atoms with E-state index < -0.39 is 0 Å². The standard InChI is InChI=1S/C24H34ClN7O2/c25-19-13-29-23(31-17-6-4-16(5-7-17)28-14-21(26)33)12-18(19)20-2-1-3-22(32-20)30-15-24(27)8-10-34-11-9-24/h1-3,12-13,16-17,28H,4-11,14-15,27H2,(H2,26,33)(H,29,31)(H,30,32)/t16-,17-. The van der Waals surface area contributed by atoms with Crippen molar-refractivity contribution in [1.82, 2.24) is 15.3 Å². The summed E-state index contributed by atoms with van der Waals surface area (Å²) in [6.45, 7) is 2.26. The van der Waals surface area contributed by atoms with Gasteiger partial charge in [-0.05, 0) is 56.7 Å². The summed E-state index contributed by atoms with van der Waals surface area (Å²) in [4.78, 5) is 20.2. The molecule has 0 aromatic carbocycles. The van der Waals surface area contributed by atoms with Crippen molar-refractivity contribution in [3.8, 4) is 11.3 Å². The Balaban J connectivity index is 1.37. The van der Waals surface area contributed by atoms with Gasteiger partial charge in [-0.15, -0.1) is 0 Å². The Bertz CT molecular complexity index is 976. The Morgan fingerprint density at radius 3 is 2.62 bits per heavy atom. The lowest BCUT2D eigenvalue weighted by Gasteiger charge is -2.33. The van der Waals surface area contributed by atoms with E-state index in [0.29, 0.717) is 36.9 Å². The van der Waals surface area contributed by atoms with E-state index >= 15 is 0 Å². The highest BCUT2D eigenvalue weighted by atomic mass is 35.5. The molecule has 2 aliphatic rings. The largest absolute Gasteiger partial charge is 0.381 e. The molecule has 9 nitrogen and oxygen atoms in total. The molecular formula is C24H34ClN7O2. The second-order valence-corrected chi connectivity index (χ2v) is 9.73. The Morgan fingerprint density at radius 2 is 1.88 bits per heavy atom. The topological polar surface area (TPSA) is 140 Å². The van der Waals surface area contributed by atoms with Crippen LogP contribution in [0.4, 0.5) is 11.6 Å². The fourth-order valence-corrected chi connectivity index (χ4v) is 4.71. The molecule has 1 amide bonds. The van der Waals surface area contributed by atoms with E-state index in [4.69, 9.17) is 32.8 Å². The number of halogens is 1. The second kappa shape index (κ2) is 11.3. The SMILES string of the molecule is NC(=O)CN[C@H]1CC[C@H](Nc2cc(-c3cccc(NCC4(N)CCOCC4)n3)c(Cl)cn2)CC1. The number of nitrogens with zero attached hydrogens (tertiary/aromatic N) is 2. The van der Waals surface area contributed by atoms with Crippen molar-refractivity contribution >= 4 is 29.1 Å². The van der Waals surface area contributed by atoms with Crippen LogP contribution in [-0.4, -0.2) is 59.8 Å². The minimum atomic E-state index is -0.322. The van der Waals surface area contributed by atoms with Crippen LogP contribution in [0.3, 0.4) is 0 Å². The van der Waals surface area contributed by atoms with Crippen LogP contribution >= 0.6 is 11.6 Å². The molecule has 184 valence electrons. The number of pyridine rings is 2. The highest BCUT2D eigenvalue weighted by Crippen LogP contribution is 2.30. The van der Waals surface area contributed by atoms with E-state index in [1.54, 1.807) is 6.20 Å². The molecule has 0 atom stereocenters.